The Bertz CT molecular complexity index is 1970. The number of amides is 2. The summed E-state index contributed by atoms with van der Waals surface area (Å²) in [6.07, 6.45) is 3.53. The van der Waals surface area contributed by atoms with Crippen LogP contribution in [0.4, 0.5) is 5.69 Å². The van der Waals surface area contributed by atoms with Crippen LogP contribution in [0.3, 0.4) is 0 Å². The fourth-order valence-corrected chi connectivity index (χ4v) is 7.89. The molecule has 0 unspecified atom stereocenters. The predicted octanol–water partition coefficient (Wildman–Crippen LogP) is 5.61. The number of fused-ring (bicyclic) bond motifs is 3. The Hall–Kier alpha value is -5.09. The zero-order chi connectivity index (χ0) is 33.1. The first-order valence-electron chi connectivity index (χ1n) is 15.1. The van der Waals surface area contributed by atoms with Gasteiger partial charge in [-0.2, -0.15) is 0 Å². The molecular weight excluding hydrogens is 666 g/mol. The van der Waals surface area contributed by atoms with E-state index in [0.29, 0.717) is 28.0 Å². The molecule has 236 valence electrons. The number of allylic oxidation sites excluding steroid dienone is 6. The topological polar surface area (TPSA) is 127 Å². The number of halogens is 1. The summed E-state index contributed by atoms with van der Waals surface area (Å²) < 4.78 is 10.9. The number of anilines is 1. The number of aromatic hydroxyl groups is 1. The van der Waals surface area contributed by atoms with Crippen molar-refractivity contribution < 1.29 is 38.6 Å². The fourth-order valence-electron chi connectivity index (χ4n) is 7.44. The molecule has 4 atom stereocenters. The summed E-state index contributed by atoms with van der Waals surface area (Å²) in [5.74, 6) is -4.34. The molecule has 2 amide bonds. The number of ketones is 3. The number of carbonyl (C=O) groups is 5. The Morgan fingerprint density at radius 2 is 1.51 bits per heavy atom. The van der Waals surface area contributed by atoms with Crippen LogP contribution in [0.5, 0.6) is 17.2 Å². The number of imide groups is 1. The van der Waals surface area contributed by atoms with Gasteiger partial charge in [-0.05, 0) is 76.7 Å². The highest BCUT2D eigenvalue weighted by molar-refractivity contribution is 9.12. The van der Waals surface area contributed by atoms with Gasteiger partial charge in [0.2, 0.25) is 17.6 Å². The van der Waals surface area contributed by atoms with Crippen molar-refractivity contribution in [2.24, 2.45) is 17.8 Å². The van der Waals surface area contributed by atoms with Crippen LogP contribution in [0.15, 0.2) is 100 Å². The molecule has 4 aliphatic rings. The van der Waals surface area contributed by atoms with Crippen molar-refractivity contribution in [2.45, 2.75) is 18.8 Å². The highest BCUT2D eigenvalue weighted by Crippen LogP contribution is 2.56. The molecule has 7 rings (SSSR count). The molecule has 9 nitrogen and oxygen atoms in total. The minimum Gasteiger partial charge on any atom is -0.502 e. The van der Waals surface area contributed by atoms with Gasteiger partial charge in [0.25, 0.3) is 0 Å². The zero-order valence-electron chi connectivity index (χ0n) is 25.4. The molecule has 0 radical (unpaired) electrons. The van der Waals surface area contributed by atoms with Gasteiger partial charge in [-0.1, -0.05) is 42.0 Å². The van der Waals surface area contributed by atoms with E-state index in [-0.39, 0.29) is 63.4 Å². The van der Waals surface area contributed by atoms with E-state index in [1.54, 1.807) is 60.7 Å². The van der Waals surface area contributed by atoms with Crippen LogP contribution in [0.2, 0.25) is 0 Å². The molecule has 3 aliphatic carbocycles. The van der Waals surface area contributed by atoms with E-state index in [9.17, 15) is 29.1 Å². The first-order chi connectivity index (χ1) is 22.6. The van der Waals surface area contributed by atoms with Crippen LogP contribution in [0.25, 0.3) is 0 Å². The number of rotatable bonds is 6. The SMILES string of the molecule is COc1cc([C@H]2C3=CC[C@@H]4C(=O)N(c5ccc(C(=O)c6ccccc6)cc5)C(=O)[C@@H]4[C@@H]3CC3=C2C(=O)C=C(Br)C3=O)cc(OC)c1O. The maximum absolute atomic E-state index is 14.3. The van der Waals surface area contributed by atoms with Crippen LogP contribution in [-0.2, 0) is 19.2 Å². The summed E-state index contributed by atoms with van der Waals surface area (Å²) in [5.41, 5.74) is 3.17. The number of benzene rings is 3. The fraction of sp³-hybridized carbons (Fsp3) is 0.216. The number of phenols is 1. The van der Waals surface area contributed by atoms with Crippen molar-refractivity contribution in [1.82, 2.24) is 0 Å². The van der Waals surface area contributed by atoms with Crippen LogP contribution >= 0.6 is 15.9 Å². The lowest BCUT2D eigenvalue weighted by molar-refractivity contribution is -0.123. The molecule has 10 heteroatoms. The lowest BCUT2D eigenvalue weighted by atomic mass is 9.59. The molecule has 3 aromatic carbocycles. The summed E-state index contributed by atoms with van der Waals surface area (Å²) in [7, 11) is 2.79. The zero-order valence-corrected chi connectivity index (χ0v) is 26.9. The molecule has 0 spiro atoms. The number of ether oxygens (including phenoxy) is 2. The maximum Gasteiger partial charge on any atom is 0.238 e. The normalized spacial score (nSPS) is 23.5. The van der Waals surface area contributed by atoms with E-state index in [0.717, 1.165) is 5.57 Å². The second-order valence-electron chi connectivity index (χ2n) is 11.9. The van der Waals surface area contributed by atoms with Crippen molar-refractivity contribution in [3.8, 4) is 17.2 Å². The van der Waals surface area contributed by atoms with Crippen molar-refractivity contribution in [2.75, 3.05) is 19.1 Å². The first kappa shape index (κ1) is 30.6. The Kier molecular flexibility index (Phi) is 7.55. The van der Waals surface area contributed by atoms with Crippen LogP contribution < -0.4 is 14.4 Å². The first-order valence-corrected chi connectivity index (χ1v) is 15.9. The van der Waals surface area contributed by atoms with Gasteiger partial charge in [0.15, 0.2) is 28.8 Å². The van der Waals surface area contributed by atoms with Crippen molar-refractivity contribution in [1.29, 1.82) is 0 Å². The Morgan fingerprint density at radius 1 is 0.872 bits per heavy atom. The van der Waals surface area contributed by atoms with E-state index in [1.807, 2.05) is 12.1 Å². The monoisotopic (exact) mass is 693 g/mol. The van der Waals surface area contributed by atoms with E-state index in [2.05, 4.69) is 15.9 Å². The molecule has 1 aliphatic heterocycles. The number of methoxy groups -OCH3 is 2. The third-order valence-corrected chi connectivity index (χ3v) is 10.2. The third-order valence-electron chi connectivity index (χ3n) is 9.59. The quantitative estimate of drug-likeness (QED) is 0.153. The van der Waals surface area contributed by atoms with Crippen molar-refractivity contribution >= 4 is 50.8 Å². The van der Waals surface area contributed by atoms with Crippen molar-refractivity contribution in [3.63, 3.8) is 0 Å². The van der Waals surface area contributed by atoms with Gasteiger partial charge in [-0.25, -0.2) is 0 Å². The maximum atomic E-state index is 14.3. The Labute approximate surface area is 278 Å². The minimum absolute atomic E-state index is 0.107. The lowest BCUT2D eigenvalue weighted by Gasteiger charge is -2.42. The largest absolute Gasteiger partial charge is 0.502 e. The van der Waals surface area contributed by atoms with Gasteiger partial charge in [0.1, 0.15) is 0 Å². The van der Waals surface area contributed by atoms with E-state index in [1.165, 1.54) is 25.2 Å². The molecule has 47 heavy (non-hydrogen) atoms. The molecule has 3 aromatic rings. The van der Waals surface area contributed by atoms with Crippen molar-refractivity contribution in [3.05, 3.63) is 117 Å². The minimum atomic E-state index is -0.779. The van der Waals surface area contributed by atoms with Crippen LogP contribution in [-0.4, -0.2) is 48.5 Å². The molecular formula is C37H28BrNO8. The lowest BCUT2D eigenvalue weighted by Crippen LogP contribution is -2.39. The molecule has 1 N–H and O–H groups in total. The smallest absolute Gasteiger partial charge is 0.238 e. The number of hydrogen-bond donors (Lipinski definition) is 1. The number of hydrogen-bond acceptors (Lipinski definition) is 8. The highest BCUT2D eigenvalue weighted by atomic mass is 79.9. The highest BCUT2D eigenvalue weighted by Gasteiger charge is 2.56. The molecule has 0 aromatic heterocycles. The predicted molar refractivity (Wildman–Crippen MR) is 175 cm³/mol. The molecule has 0 saturated carbocycles. The summed E-state index contributed by atoms with van der Waals surface area (Å²) in [5, 5.41) is 10.6. The van der Waals surface area contributed by atoms with Gasteiger partial charge in [-0.15, -0.1) is 0 Å². The van der Waals surface area contributed by atoms with Crippen LogP contribution in [0, 0.1) is 17.8 Å². The Morgan fingerprint density at radius 3 is 2.15 bits per heavy atom. The molecule has 0 bridgehead atoms. The van der Waals surface area contributed by atoms with E-state index in [4.69, 9.17) is 9.47 Å². The third kappa shape index (κ3) is 4.77. The van der Waals surface area contributed by atoms with Crippen LogP contribution in [0.1, 0.15) is 40.2 Å². The Balaban J connectivity index is 1.28. The summed E-state index contributed by atoms with van der Waals surface area (Å²) in [4.78, 5) is 69.4. The van der Waals surface area contributed by atoms with Gasteiger partial charge in [0.05, 0.1) is 36.2 Å². The van der Waals surface area contributed by atoms with Gasteiger partial charge >= 0.3 is 0 Å². The number of carbonyl (C=O) groups excluding carboxylic acids is 5. The molecule has 1 heterocycles. The summed E-state index contributed by atoms with van der Waals surface area (Å²) in [6.45, 7) is 0. The van der Waals surface area contributed by atoms with E-state index >= 15 is 0 Å². The van der Waals surface area contributed by atoms with Gasteiger partial charge in [-0.3, -0.25) is 28.9 Å². The second kappa shape index (κ2) is 11.6. The number of nitrogens with zero attached hydrogens (tertiary/aromatic N) is 1. The summed E-state index contributed by atoms with van der Waals surface area (Å²) >= 11 is 3.24. The second-order valence-corrected chi connectivity index (χ2v) is 12.8. The molecule has 1 fully saturated rings. The molecule has 1 saturated heterocycles. The van der Waals surface area contributed by atoms with E-state index < -0.39 is 29.6 Å². The van der Waals surface area contributed by atoms with Gasteiger partial charge in [0, 0.05) is 34.3 Å². The van der Waals surface area contributed by atoms with Gasteiger partial charge < -0.3 is 14.6 Å². The average Bonchev–Trinajstić information content (AvgIpc) is 3.35. The standard InChI is InChI=1S/C37H28BrNO8/c1-46-28-14-20(15-29(47-2)35(28)43)30-22-12-13-23-31(24(22)16-25-32(30)27(40)17-26(38)34(25)42)37(45)39(36(23)44)21-10-8-19(9-11-21)33(41)18-6-4-3-5-7-18/h3-12,14-15,17,23-24,30-31,43H,13,16H2,1-2H3/t23-,24+,30-,31-/m0/s1. The summed E-state index contributed by atoms with van der Waals surface area (Å²) in [6, 6.07) is 18.4. The average molecular weight is 695 g/mol. The number of phenolic OH excluding ortho intramolecular Hbond substituents is 1. The number of Topliss-reactive ketones (excluding diaryl/α,β-unsaturated/α-hetero) is 1.